The molecular weight excluding hydrogens is 459 g/mol. The number of benzene rings is 3. The molecule has 0 bridgehead atoms. The molecule has 0 aromatic heterocycles. The third kappa shape index (κ3) is 6.26. The van der Waals surface area contributed by atoms with Crippen LogP contribution >= 0.6 is 24.0 Å². The molecule has 172 valence electrons. The van der Waals surface area contributed by atoms with E-state index in [0.717, 1.165) is 28.9 Å². The monoisotopic (exact) mass is 484 g/mol. The Labute approximate surface area is 204 Å². The van der Waals surface area contributed by atoms with Gasteiger partial charge in [-0.05, 0) is 60.0 Å². The maximum Gasteiger partial charge on any atom is 0.228 e. The fraction of sp³-hybridized carbons (Fsp3) is 0.200. The predicted octanol–water partition coefficient (Wildman–Crippen LogP) is 5.27. The number of hydrogen-bond donors (Lipinski definition) is 3. The number of nitrogens with two attached hydrogens (primary N) is 1. The number of nitrogens with zero attached hydrogens (tertiary/aromatic N) is 1. The molecule has 3 aromatic rings. The third-order valence-electron chi connectivity index (χ3n) is 5.34. The number of nitrogens with one attached hydrogen (secondary N) is 2. The van der Waals surface area contributed by atoms with E-state index in [4.69, 9.17) is 17.3 Å². The van der Waals surface area contributed by atoms with Crippen LogP contribution in [0.15, 0.2) is 66.7 Å². The van der Waals surface area contributed by atoms with Crippen LogP contribution in [0.2, 0.25) is 5.02 Å². The smallest absolute Gasteiger partial charge is 0.228 e. The van der Waals surface area contributed by atoms with Gasteiger partial charge in [-0.15, -0.1) is 12.4 Å². The van der Waals surface area contributed by atoms with Gasteiger partial charge in [-0.3, -0.25) is 9.59 Å². The maximum absolute atomic E-state index is 12.6. The standard InChI is InChI=1S/C25H25ClN4O2.ClH/c26-22-15-21(9-10-23(22)30-11-3-8-25(30)32)29-24(31)14-17-4-1-6-19(12-17)28-20-7-2-5-18(13-20)16-27;/h1-2,4-7,9-10,12-13,15,28H,3,8,11,14,16,27H2,(H,29,31);1H. The lowest BCUT2D eigenvalue weighted by atomic mass is 10.1. The molecule has 2 amide bonds. The van der Waals surface area contributed by atoms with Gasteiger partial charge in [0, 0.05) is 36.6 Å². The molecule has 1 aliphatic rings. The van der Waals surface area contributed by atoms with Crippen molar-refractivity contribution in [1.29, 1.82) is 0 Å². The summed E-state index contributed by atoms with van der Waals surface area (Å²) >= 11 is 6.38. The van der Waals surface area contributed by atoms with E-state index < -0.39 is 0 Å². The van der Waals surface area contributed by atoms with Crippen molar-refractivity contribution in [3.63, 3.8) is 0 Å². The molecular formula is C25H26Cl2N4O2. The van der Waals surface area contributed by atoms with E-state index in [2.05, 4.69) is 10.6 Å². The van der Waals surface area contributed by atoms with E-state index in [-0.39, 0.29) is 30.6 Å². The van der Waals surface area contributed by atoms with Crippen molar-refractivity contribution in [2.24, 2.45) is 5.73 Å². The number of hydrogen-bond acceptors (Lipinski definition) is 4. The van der Waals surface area contributed by atoms with Crippen LogP contribution in [-0.2, 0) is 22.6 Å². The van der Waals surface area contributed by atoms with Gasteiger partial charge in [0.25, 0.3) is 0 Å². The van der Waals surface area contributed by atoms with E-state index >= 15 is 0 Å². The zero-order chi connectivity index (χ0) is 22.5. The molecule has 6 nitrogen and oxygen atoms in total. The van der Waals surface area contributed by atoms with Gasteiger partial charge < -0.3 is 21.3 Å². The van der Waals surface area contributed by atoms with Gasteiger partial charge in [0.15, 0.2) is 0 Å². The third-order valence-corrected chi connectivity index (χ3v) is 5.64. The Kier molecular flexibility index (Phi) is 8.33. The Morgan fingerprint density at radius 2 is 1.67 bits per heavy atom. The zero-order valence-electron chi connectivity index (χ0n) is 18.0. The Bertz CT molecular complexity index is 1150. The second-order valence-corrected chi connectivity index (χ2v) is 8.18. The fourth-order valence-electron chi connectivity index (χ4n) is 3.80. The van der Waals surface area contributed by atoms with Crippen LogP contribution in [0.3, 0.4) is 0 Å². The first kappa shape index (κ1) is 24.6. The summed E-state index contributed by atoms with van der Waals surface area (Å²) < 4.78 is 0. The molecule has 0 saturated carbocycles. The summed E-state index contributed by atoms with van der Waals surface area (Å²) in [7, 11) is 0. The number of rotatable bonds is 7. The van der Waals surface area contributed by atoms with Crippen molar-refractivity contribution in [3.8, 4) is 0 Å². The Balaban J connectivity index is 0.00000306. The van der Waals surface area contributed by atoms with Crippen LogP contribution in [0.5, 0.6) is 0 Å². The van der Waals surface area contributed by atoms with Gasteiger partial charge in [-0.25, -0.2) is 0 Å². The number of carbonyl (C=O) groups is 2. The van der Waals surface area contributed by atoms with Crippen LogP contribution in [0.4, 0.5) is 22.7 Å². The van der Waals surface area contributed by atoms with E-state index in [1.54, 1.807) is 23.1 Å². The second kappa shape index (κ2) is 11.2. The minimum Gasteiger partial charge on any atom is -0.356 e. The summed E-state index contributed by atoms with van der Waals surface area (Å²) in [5.41, 5.74) is 10.8. The highest BCUT2D eigenvalue weighted by molar-refractivity contribution is 6.34. The molecule has 0 unspecified atom stereocenters. The number of anilines is 4. The average Bonchev–Trinajstić information content (AvgIpc) is 3.19. The Hall–Kier alpha value is -3.06. The van der Waals surface area contributed by atoms with E-state index in [1.807, 2.05) is 48.5 Å². The minimum absolute atomic E-state index is 0. The number of carbonyl (C=O) groups excluding carboxylic acids is 2. The van der Waals surface area contributed by atoms with Crippen molar-refractivity contribution < 1.29 is 9.59 Å². The Morgan fingerprint density at radius 1 is 0.970 bits per heavy atom. The normalized spacial score (nSPS) is 12.9. The lowest BCUT2D eigenvalue weighted by Gasteiger charge is -2.18. The van der Waals surface area contributed by atoms with Crippen molar-refractivity contribution in [1.82, 2.24) is 0 Å². The molecule has 1 heterocycles. The maximum atomic E-state index is 12.6. The van der Waals surface area contributed by atoms with Crippen molar-refractivity contribution in [2.45, 2.75) is 25.8 Å². The molecule has 1 saturated heterocycles. The summed E-state index contributed by atoms with van der Waals surface area (Å²) in [6.07, 6.45) is 1.60. The lowest BCUT2D eigenvalue weighted by Crippen LogP contribution is -2.24. The predicted molar refractivity (Wildman–Crippen MR) is 137 cm³/mol. The van der Waals surface area contributed by atoms with Crippen molar-refractivity contribution >= 4 is 58.6 Å². The molecule has 33 heavy (non-hydrogen) atoms. The topological polar surface area (TPSA) is 87.5 Å². The first-order chi connectivity index (χ1) is 15.5. The van der Waals surface area contributed by atoms with E-state index in [9.17, 15) is 9.59 Å². The summed E-state index contributed by atoms with van der Waals surface area (Å²) in [6.45, 7) is 1.15. The van der Waals surface area contributed by atoms with E-state index in [1.165, 1.54) is 0 Å². The fourth-order valence-corrected chi connectivity index (χ4v) is 4.08. The van der Waals surface area contributed by atoms with Crippen LogP contribution in [-0.4, -0.2) is 18.4 Å². The molecule has 4 rings (SSSR count). The highest BCUT2D eigenvalue weighted by atomic mass is 35.5. The molecule has 8 heteroatoms. The van der Waals surface area contributed by atoms with Crippen LogP contribution in [0, 0.1) is 0 Å². The second-order valence-electron chi connectivity index (χ2n) is 7.77. The zero-order valence-corrected chi connectivity index (χ0v) is 19.6. The molecule has 4 N–H and O–H groups in total. The first-order valence-corrected chi connectivity index (χ1v) is 10.9. The summed E-state index contributed by atoms with van der Waals surface area (Å²) in [5.74, 6) is -0.0692. The molecule has 0 radical (unpaired) electrons. The molecule has 0 atom stereocenters. The summed E-state index contributed by atoms with van der Waals surface area (Å²) in [6, 6.07) is 20.9. The van der Waals surface area contributed by atoms with Gasteiger partial charge in [0.1, 0.15) is 0 Å². The van der Waals surface area contributed by atoms with Crippen molar-refractivity contribution in [3.05, 3.63) is 82.9 Å². The highest BCUT2D eigenvalue weighted by Gasteiger charge is 2.23. The summed E-state index contributed by atoms with van der Waals surface area (Å²) in [5, 5.41) is 6.68. The summed E-state index contributed by atoms with van der Waals surface area (Å²) in [4.78, 5) is 26.2. The molecule has 1 aliphatic heterocycles. The SMILES string of the molecule is Cl.NCc1cccc(Nc2cccc(CC(=O)Nc3ccc(N4CCCC4=O)c(Cl)c3)c2)c1. The van der Waals surface area contributed by atoms with Gasteiger partial charge in [-0.1, -0.05) is 35.9 Å². The highest BCUT2D eigenvalue weighted by Crippen LogP contribution is 2.31. The van der Waals surface area contributed by atoms with Gasteiger partial charge >= 0.3 is 0 Å². The quantitative estimate of drug-likeness (QED) is 0.426. The van der Waals surface area contributed by atoms with Gasteiger partial charge in [-0.2, -0.15) is 0 Å². The minimum atomic E-state index is -0.145. The Morgan fingerprint density at radius 3 is 2.30 bits per heavy atom. The molecule has 3 aromatic carbocycles. The molecule has 1 fully saturated rings. The van der Waals surface area contributed by atoms with Crippen LogP contribution in [0.1, 0.15) is 24.0 Å². The van der Waals surface area contributed by atoms with Crippen LogP contribution < -0.4 is 21.3 Å². The van der Waals surface area contributed by atoms with E-state index in [0.29, 0.717) is 35.9 Å². The average molecular weight is 485 g/mol. The lowest BCUT2D eigenvalue weighted by molar-refractivity contribution is -0.117. The van der Waals surface area contributed by atoms with Gasteiger partial charge in [0.05, 0.1) is 17.1 Å². The van der Waals surface area contributed by atoms with Crippen molar-refractivity contribution in [2.75, 3.05) is 22.1 Å². The van der Waals surface area contributed by atoms with Gasteiger partial charge in [0.2, 0.25) is 11.8 Å². The number of halogens is 2. The largest absolute Gasteiger partial charge is 0.356 e. The van der Waals surface area contributed by atoms with Crippen LogP contribution in [0.25, 0.3) is 0 Å². The first-order valence-electron chi connectivity index (χ1n) is 10.6. The molecule has 0 aliphatic carbocycles. The molecule has 0 spiro atoms. The number of amides is 2.